The van der Waals surface area contributed by atoms with Crippen LogP contribution < -0.4 is 0 Å². The topological polar surface area (TPSA) is 0 Å². The highest BCUT2D eigenvalue weighted by Gasteiger charge is 1.88. The number of hydrogen-bond acceptors (Lipinski definition) is 0. The van der Waals surface area contributed by atoms with E-state index in [-0.39, 0.29) is 0 Å². The van der Waals surface area contributed by atoms with Gasteiger partial charge in [0.1, 0.15) is 0 Å². The summed E-state index contributed by atoms with van der Waals surface area (Å²) in [4.78, 5) is 0. The van der Waals surface area contributed by atoms with E-state index in [1.54, 1.807) is 0 Å². The lowest BCUT2D eigenvalue weighted by molar-refractivity contribution is 0.962. The van der Waals surface area contributed by atoms with Gasteiger partial charge in [0, 0.05) is 0 Å². The molecule has 0 saturated carbocycles. The first kappa shape index (κ1) is 18.3. The molecule has 1 aliphatic rings. The SMILES string of the molecule is CC.CC.CC.CC1=CC=CCC1. The van der Waals surface area contributed by atoms with E-state index in [1.165, 1.54) is 18.4 Å². The first-order valence-electron chi connectivity index (χ1n) is 5.72. The summed E-state index contributed by atoms with van der Waals surface area (Å²) in [6.45, 7) is 14.2. The van der Waals surface area contributed by atoms with Crippen molar-refractivity contribution in [3.05, 3.63) is 23.8 Å². The maximum atomic E-state index is 2.20. The second-order valence-corrected chi connectivity index (χ2v) is 1.98. The molecule has 0 aromatic rings. The lowest BCUT2D eigenvalue weighted by Gasteiger charge is -1.98. The van der Waals surface area contributed by atoms with Crippen molar-refractivity contribution in [2.24, 2.45) is 0 Å². The van der Waals surface area contributed by atoms with Gasteiger partial charge in [0.15, 0.2) is 0 Å². The van der Waals surface area contributed by atoms with Gasteiger partial charge in [0.25, 0.3) is 0 Å². The zero-order valence-electron chi connectivity index (χ0n) is 10.6. The minimum Gasteiger partial charge on any atom is -0.0842 e. The molecule has 0 bridgehead atoms. The fraction of sp³-hybridized carbons (Fsp3) is 0.692. The van der Waals surface area contributed by atoms with E-state index in [2.05, 4.69) is 25.2 Å². The second-order valence-electron chi connectivity index (χ2n) is 1.98. The van der Waals surface area contributed by atoms with Gasteiger partial charge in [0.05, 0.1) is 0 Å². The predicted octanol–water partition coefficient (Wildman–Crippen LogP) is 5.36. The van der Waals surface area contributed by atoms with E-state index in [1.807, 2.05) is 41.5 Å². The Labute approximate surface area is 85.8 Å². The summed E-state index contributed by atoms with van der Waals surface area (Å²) in [6.07, 6.45) is 8.99. The summed E-state index contributed by atoms with van der Waals surface area (Å²) < 4.78 is 0. The molecule has 0 heteroatoms. The van der Waals surface area contributed by atoms with Gasteiger partial charge < -0.3 is 0 Å². The van der Waals surface area contributed by atoms with Crippen LogP contribution in [-0.2, 0) is 0 Å². The van der Waals surface area contributed by atoms with Crippen molar-refractivity contribution in [1.29, 1.82) is 0 Å². The third-order valence-electron chi connectivity index (χ3n) is 1.22. The van der Waals surface area contributed by atoms with Crippen LogP contribution >= 0.6 is 0 Å². The Morgan fingerprint density at radius 1 is 0.923 bits per heavy atom. The maximum absolute atomic E-state index is 2.20. The highest BCUT2D eigenvalue weighted by Crippen LogP contribution is 2.08. The third kappa shape index (κ3) is 18.4. The Morgan fingerprint density at radius 2 is 1.38 bits per heavy atom. The highest BCUT2D eigenvalue weighted by atomic mass is 13.9. The van der Waals surface area contributed by atoms with E-state index in [0.29, 0.717) is 0 Å². The quantitative estimate of drug-likeness (QED) is 0.475. The summed E-state index contributed by atoms with van der Waals surface area (Å²) >= 11 is 0. The fourth-order valence-electron chi connectivity index (χ4n) is 0.723. The van der Waals surface area contributed by atoms with E-state index in [4.69, 9.17) is 0 Å². The Hall–Kier alpha value is -0.520. The van der Waals surface area contributed by atoms with Gasteiger partial charge in [-0.1, -0.05) is 65.3 Å². The monoisotopic (exact) mass is 184 g/mol. The van der Waals surface area contributed by atoms with Crippen LogP contribution in [0.5, 0.6) is 0 Å². The first-order chi connectivity index (χ1) is 6.39. The van der Waals surface area contributed by atoms with Gasteiger partial charge in [-0.3, -0.25) is 0 Å². The molecule has 1 aliphatic carbocycles. The van der Waals surface area contributed by atoms with Gasteiger partial charge in [-0.2, -0.15) is 0 Å². The molecule has 0 N–H and O–H groups in total. The molecule has 0 nitrogen and oxygen atoms in total. The van der Waals surface area contributed by atoms with Crippen molar-refractivity contribution in [2.75, 3.05) is 0 Å². The molecule has 0 atom stereocenters. The summed E-state index contributed by atoms with van der Waals surface area (Å²) in [6, 6.07) is 0. The van der Waals surface area contributed by atoms with Gasteiger partial charge in [-0.25, -0.2) is 0 Å². The predicted molar refractivity (Wildman–Crippen MR) is 66.2 cm³/mol. The Kier molecular flexibility index (Phi) is 31.7. The summed E-state index contributed by atoms with van der Waals surface area (Å²) in [5.74, 6) is 0. The molecule has 0 heterocycles. The smallest absolute Gasteiger partial charge is 0.0285 e. The zero-order valence-corrected chi connectivity index (χ0v) is 10.6. The van der Waals surface area contributed by atoms with Gasteiger partial charge >= 0.3 is 0 Å². The standard InChI is InChI=1S/C7H10.3C2H6/c1-7-5-3-2-4-6-7;3*1-2/h2-3,5H,4,6H2,1H3;3*1-2H3. The van der Waals surface area contributed by atoms with Gasteiger partial charge in [0.2, 0.25) is 0 Å². The van der Waals surface area contributed by atoms with Crippen LogP contribution in [0, 0.1) is 0 Å². The van der Waals surface area contributed by atoms with Crippen LogP contribution in [0.2, 0.25) is 0 Å². The molecule has 0 amide bonds. The van der Waals surface area contributed by atoms with Crippen LogP contribution in [-0.4, -0.2) is 0 Å². The third-order valence-corrected chi connectivity index (χ3v) is 1.22. The van der Waals surface area contributed by atoms with E-state index in [9.17, 15) is 0 Å². The van der Waals surface area contributed by atoms with Gasteiger partial charge in [-0.05, 0) is 19.8 Å². The average molecular weight is 184 g/mol. The van der Waals surface area contributed by atoms with Gasteiger partial charge in [-0.15, -0.1) is 0 Å². The molecule has 0 spiro atoms. The van der Waals surface area contributed by atoms with Crippen molar-refractivity contribution in [3.8, 4) is 0 Å². The first-order valence-corrected chi connectivity index (χ1v) is 5.72. The van der Waals surface area contributed by atoms with E-state index < -0.39 is 0 Å². The van der Waals surface area contributed by atoms with Crippen LogP contribution in [0.4, 0.5) is 0 Å². The number of allylic oxidation sites excluding steroid dienone is 4. The molecular weight excluding hydrogens is 156 g/mol. The van der Waals surface area contributed by atoms with Crippen LogP contribution in [0.15, 0.2) is 23.8 Å². The van der Waals surface area contributed by atoms with Crippen LogP contribution in [0.25, 0.3) is 0 Å². The van der Waals surface area contributed by atoms with Crippen molar-refractivity contribution in [2.45, 2.75) is 61.3 Å². The fourth-order valence-corrected chi connectivity index (χ4v) is 0.723. The molecule has 1 rings (SSSR count). The molecule has 0 aromatic carbocycles. The largest absolute Gasteiger partial charge is 0.0842 e. The maximum Gasteiger partial charge on any atom is -0.0285 e. The molecule has 13 heavy (non-hydrogen) atoms. The lowest BCUT2D eigenvalue weighted by Crippen LogP contribution is -1.78. The molecule has 0 fully saturated rings. The Morgan fingerprint density at radius 3 is 1.54 bits per heavy atom. The molecule has 0 unspecified atom stereocenters. The van der Waals surface area contributed by atoms with Crippen molar-refractivity contribution >= 4 is 0 Å². The minimum atomic E-state index is 1.24. The van der Waals surface area contributed by atoms with Crippen molar-refractivity contribution in [1.82, 2.24) is 0 Å². The minimum absolute atomic E-state index is 1.24. The summed E-state index contributed by atoms with van der Waals surface area (Å²) in [5.41, 5.74) is 1.50. The normalized spacial score (nSPS) is 11.8. The number of hydrogen-bond donors (Lipinski definition) is 0. The number of rotatable bonds is 0. The molecule has 0 radical (unpaired) electrons. The van der Waals surface area contributed by atoms with Crippen molar-refractivity contribution < 1.29 is 0 Å². The summed E-state index contributed by atoms with van der Waals surface area (Å²) in [5, 5.41) is 0. The molecular formula is C13H28. The van der Waals surface area contributed by atoms with Crippen molar-refractivity contribution in [3.63, 3.8) is 0 Å². The molecule has 80 valence electrons. The van der Waals surface area contributed by atoms with Crippen LogP contribution in [0.3, 0.4) is 0 Å². The molecule has 0 saturated heterocycles. The molecule has 0 aliphatic heterocycles. The Bertz CT molecular complexity index is 107. The highest BCUT2D eigenvalue weighted by molar-refractivity contribution is 5.15. The summed E-state index contributed by atoms with van der Waals surface area (Å²) in [7, 11) is 0. The zero-order chi connectivity index (χ0) is 11.1. The van der Waals surface area contributed by atoms with Crippen LogP contribution in [0.1, 0.15) is 61.3 Å². The second kappa shape index (κ2) is 22.5. The Balaban J connectivity index is -0.000000144. The lowest BCUT2D eigenvalue weighted by atomic mass is 10.1. The van der Waals surface area contributed by atoms with E-state index in [0.717, 1.165) is 0 Å². The molecule has 0 aromatic heterocycles. The van der Waals surface area contributed by atoms with E-state index >= 15 is 0 Å². The average Bonchev–Trinajstić information content (AvgIpc) is 2.28.